The number of hydrogen-bond acceptors (Lipinski definition) is 2. The van der Waals surface area contributed by atoms with Crippen molar-refractivity contribution in [2.24, 2.45) is 10.8 Å². The fourth-order valence-corrected chi connectivity index (χ4v) is 3.58. The van der Waals surface area contributed by atoms with Crippen LogP contribution in [-0.4, -0.2) is 17.5 Å². The molecule has 2 heteroatoms. The predicted molar refractivity (Wildman–Crippen MR) is 51.8 cm³/mol. The molecule has 2 unspecified atom stereocenters. The van der Waals surface area contributed by atoms with Crippen LogP contribution in [-0.2, 0) is 0 Å². The molecule has 1 aliphatic carbocycles. The molecule has 1 heterocycles. The van der Waals surface area contributed by atoms with Crippen molar-refractivity contribution in [3.63, 3.8) is 0 Å². The molecule has 72 valence electrons. The van der Waals surface area contributed by atoms with Crippen molar-refractivity contribution in [3.05, 3.63) is 0 Å². The zero-order chi connectivity index (χ0) is 9.69. The molecule has 0 spiro atoms. The number of hydrogen-bond donors (Lipinski definition) is 0. The standard InChI is InChI=1S/C11H18N2/c1-10(2)4-9-5-11(3,6-10)7-13(9)8-12/h9H,4-7H2,1-3H3. The van der Waals surface area contributed by atoms with Gasteiger partial charge in [0.1, 0.15) is 0 Å². The van der Waals surface area contributed by atoms with Gasteiger partial charge in [-0.3, -0.25) is 0 Å². The van der Waals surface area contributed by atoms with Gasteiger partial charge in [0.05, 0.1) is 0 Å². The lowest BCUT2D eigenvalue weighted by molar-refractivity contribution is 0.132. The van der Waals surface area contributed by atoms with Gasteiger partial charge < -0.3 is 4.90 Å². The minimum Gasteiger partial charge on any atom is -0.307 e. The first-order valence-electron chi connectivity index (χ1n) is 5.11. The van der Waals surface area contributed by atoms with Gasteiger partial charge in [-0.1, -0.05) is 20.8 Å². The van der Waals surface area contributed by atoms with Gasteiger partial charge in [0, 0.05) is 12.6 Å². The van der Waals surface area contributed by atoms with E-state index in [4.69, 9.17) is 5.26 Å². The number of nitrogens with zero attached hydrogens (tertiary/aromatic N) is 2. The van der Waals surface area contributed by atoms with E-state index in [2.05, 4.69) is 27.0 Å². The van der Waals surface area contributed by atoms with Crippen molar-refractivity contribution >= 4 is 0 Å². The Morgan fingerprint density at radius 1 is 1.31 bits per heavy atom. The molecule has 2 fully saturated rings. The topological polar surface area (TPSA) is 27.0 Å². The fraction of sp³-hybridized carbons (Fsp3) is 0.909. The average molecular weight is 178 g/mol. The second-order valence-corrected chi connectivity index (χ2v) is 5.94. The SMILES string of the molecule is CC1(C)CC2CC(C)(CN2C#N)C1. The predicted octanol–water partition coefficient (Wildman–Crippen LogP) is 2.37. The maximum atomic E-state index is 8.97. The van der Waals surface area contributed by atoms with Crippen LogP contribution < -0.4 is 0 Å². The Morgan fingerprint density at radius 2 is 2.00 bits per heavy atom. The second-order valence-electron chi connectivity index (χ2n) is 5.94. The highest BCUT2D eigenvalue weighted by atomic mass is 15.2. The van der Waals surface area contributed by atoms with E-state index in [1.165, 1.54) is 19.3 Å². The molecule has 1 aliphatic heterocycles. The molecule has 0 radical (unpaired) electrons. The third-order valence-electron chi connectivity index (χ3n) is 3.54. The average Bonchev–Trinajstić information content (AvgIpc) is 2.19. The molecule has 0 aromatic carbocycles. The van der Waals surface area contributed by atoms with Crippen LogP contribution in [0.5, 0.6) is 0 Å². The quantitative estimate of drug-likeness (QED) is 0.532. The Kier molecular flexibility index (Phi) is 1.64. The molecule has 0 aromatic heterocycles. The van der Waals surface area contributed by atoms with E-state index in [1.807, 2.05) is 4.90 Å². The molecule has 2 nitrogen and oxygen atoms in total. The first kappa shape index (κ1) is 8.87. The summed E-state index contributed by atoms with van der Waals surface area (Å²) in [4.78, 5) is 1.99. The number of rotatable bonds is 0. The molecular weight excluding hydrogens is 160 g/mol. The lowest BCUT2D eigenvalue weighted by Gasteiger charge is -2.39. The van der Waals surface area contributed by atoms with Gasteiger partial charge in [-0.2, -0.15) is 5.26 Å². The summed E-state index contributed by atoms with van der Waals surface area (Å²) in [6.45, 7) is 7.98. The van der Waals surface area contributed by atoms with Crippen LogP contribution in [0.1, 0.15) is 40.0 Å². The zero-order valence-corrected chi connectivity index (χ0v) is 8.80. The normalized spacial score (nSPS) is 41.7. The molecule has 2 atom stereocenters. The second kappa shape index (κ2) is 2.41. The zero-order valence-electron chi connectivity index (χ0n) is 8.80. The van der Waals surface area contributed by atoms with Crippen molar-refractivity contribution < 1.29 is 0 Å². The molecular formula is C11H18N2. The van der Waals surface area contributed by atoms with Crippen molar-refractivity contribution in [3.8, 4) is 6.19 Å². The van der Waals surface area contributed by atoms with Gasteiger partial charge in [0.2, 0.25) is 0 Å². The molecule has 0 aromatic rings. The van der Waals surface area contributed by atoms with Gasteiger partial charge in [0.15, 0.2) is 6.19 Å². The fourth-order valence-electron chi connectivity index (χ4n) is 3.58. The van der Waals surface area contributed by atoms with Crippen molar-refractivity contribution in [2.45, 2.75) is 46.1 Å². The smallest absolute Gasteiger partial charge is 0.179 e. The molecule has 2 bridgehead atoms. The van der Waals surface area contributed by atoms with Crippen LogP contribution in [0.15, 0.2) is 0 Å². The van der Waals surface area contributed by atoms with Gasteiger partial charge in [-0.15, -0.1) is 0 Å². The van der Waals surface area contributed by atoms with E-state index in [9.17, 15) is 0 Å². The Morgan fingerprint density at radius 3 is 2.62 bits per heavy atom. The monoisotopic (exact) mass is 178 g/mol. The minimum absolute atomic E-state index is 0.405. The first-order valence-corrected chi connectivity index (χ1v) is 5.11. The summed E-state index contributed by atoms with van der Waals surface area (Å²) < 4.78 is 0. The van der Waals surface area contributed by atoms with E-state index in [0.717, 1.165) is 6.54 Å². The van der Waals surface area contributed by atoms with E-state index < -0.39 is 0 Å². The summed E-state index contributed by atoms with van der Waals surface area (Å²) in [6, 6.07) is 0.527. The summed E-state index contributed by atoms with van der Waals surface area (Å²) in [5, 5.41) is 8.97. The van der Waals surface area contributed by atoms with E-state index >= 15 is 0 Å². The molecule has 0 amide bonds. The lowest BCUT2D eigenvalue weighted by Crippen LogP contribution is -2.33. The summed E-state index contributed by atoms with van der Waals surface area (Å²) in [5.41, 5.74) is 0.839. The maximum absolute atomic E-state index is 8.97. The highest BCUT2D eigenvalue weighted by Gasteiger charge is 2.49. The van der Waals surface area contributed by atoms with Crippen molar-refractivity contribution in [1.29, 1.82) is 5.26 Å². The molecule has 0 N–H and O–H groups in total. The molecule has 2 rings (SSSR count). The highest BCUT2D eigenvalue weighted by Crippen LogP contribution is 2.52. The van der Waals surface area contributed by atoms with Crippen LogP contribution in [0.2, 0.25) is 0 Å². The van der Waals surface area contributed by atoms with Crippen LogP contribution in [0, 0.1) is 22.3 Å². The van der Waals surface area contributed by atoms with E-state index in [-0.39, 0.29) is 0 Å². The minimum atomic E-state index is 0.405. The van der Waals surface area contributed by atoms with Crippen LogP contribution in [0.3, 0.4) is 0 Å². The van der Waals surface area contributed by atoms with E-state index in [1.54, 1.807) is 0 Å². The molecule has 13 heavy (non-hydrogen) atoms. The van der Waals surface area contributed by atoms with Crippen molar-refractivity contribution in [2.75, 3.05) is 6.54 Å². The first-order chi connectivity index (χ1) is 5.94. The van der Waals surface area contributed by atoms with Gasteiger partial charge in [-0.05, 0) is 30.1 Å². The van der Waals surface area contributed by atoms with Gasteiger partial charge >= 0.3 is 0 Å². The summed E-state index contributed by atoms with van der Waals surface area (Å²) in [7, 11) is 0. The Hall–Kier alpha value is -0.710. The van der Waals surface area contributed by atoms with Crippen LogP contribution >= 0.6 is 0 Å². The summed E-state index contributed by atoms with van der Waals surface area (Å²) in [6.07, 6.45) is 6.02. The van der Waals surface area contributed by atoms with Crippen molar-refractivity contribution in [1.82, 2.24) is 4.90 Å². The number of fused-ring (bicyclic) bond motifs is 2. The molecule has 1 saturated heterocycles. The number of likely N-dealkylation sites (tertiary alicyclic amines) is 1. The summed E-state index contributed by atoms with van der Waals surface area (Å²) >= 11 is 0. The molecule has 2 aliphatic rings. The summed E-state index contributed by atoms with van der Waals surface area (Å²) in [5.74, 6) is 0. The Bertz CT molecular complexity index is 264. The Balaban J connectivity index is 2.24. The molecule has 1 saturated carbocycles. The van der Waals surface area contributed by atoms with Crippen LogP contribution in [0.4, 0.5) is 0 Å². The third-order valence-corrected chi connectivity index (χ3v) is 3.54. The highest BCUT2D eigenvalue weighted by molar-refractivity contribution is 5.05. The van der Waals surface area contributed by atoms with Gasteiger partial charge in [-0.25, -0.2) is 0 Å². The van der Waals surface area contributed by atoms with Crippen LogP contribution in [0.25, 0.3) is 0 Å². The third kappa shape index (κ3) is 1.41. The Labute approximate surface area is 80.5 Å². The maximum Gasteiger partial charge on any atom is 0.179 e. The van der Waals surface area contributed by atoms with Gasteiger partial charge in [0.25, 0.3) is 0 Å². The lowest BCUT2D eigenvalue weighted by atomic mass is 9.65. The number of nitriles is 1. The van der Waals surface area contributed by atoms with E-state index in [0.29, 0.717) is 16.9 Å². The largest absolute Gasteiger partial charge is 0.307 e.